The van der Waals surface area contributed by atoms with Crippen molar-refractivity contribution in [2.24, 2.45) is 11.8 Å². The van der Waals surface area contributed by atoms with Crippen molar-refractivity contribution in [3.8, 4) is 0 Å². The molecule has 0 radical (unpaired) electrons. The topological polar surface area (TPSA) is 50.2 Å². The van der Waals surface area contributed by atoms with E-state index in [1.54, 1.807) is 10.9 Å². The predicted octanol–water partition coefficient (Wildman–Crippen LogP) is 3.17. The average Bonchev–Trinajstić information content (AvgIpc) is 2.93. The van der Waals surface area contributed by atoms with E-state index in [-0.39, 0.29) is 12.5 Å². The number of fused-ring (bicyclic) bond motifs is 1. The summed E-state index contributed by atoms with van der Waals surface area (Å²) in [7, 11) is 0. The molecule has 1 N–H and O–H groups in total. The highest BCUT2D eigenvalue weighted by Crippen LogP contribution is 2.21. The number of benzene rings is 1. The molecule has 0 aliphatic carbocycles. The Kier molecular flexibility index (Phi) is 5.97. The van der Waals surface area contributed by atoms with Crippen LogP contribution in [0.4, 0.5) is 0 Å². The van der Waals surface area contributed by atoms with Gasteiger partial charge in [-0.25, -0.2) is 0 Å². The molecular formula is C19H27ClN4O. The van der Waals surface area contributed by atoms with Crippen molar-refractivity contribution in [1.82, 2.24) is 20.0 Å². The number of hydrogen-bond donors (Lipinski definition) is 1. The van der Waals surface area contributed by atoms with Gasteiger partial charge in [-0.05, 0) is 49.4 Å². The molecule has 2 aromatic rings. The second-order valence-electron chi connectivity index (χ2n) is 7.41. The molecule has 1 aromatic carbocycles. The van der Waals surface area contributed by atoms with Gasteiger partial charge in [0.05, 0.1) is 11.7 Å². The molecule has 2 unspecified atom stereocenters. The zero-order chi connectivity index (χ0) is 17.8. The molecule has 2 atom stereocenters. The van der Waals surface area contributed by atoms with E-state index >= 15 is 0 Å². The van der Waals surface area contributed by atoms with Gasteiger partial charge in [0.1, 0.15) is 6.54 Å². The molecule has 6 heteroatoms. The van der Waals surface area contributed by atoms with Crippen LogP contribution >= 0.6 is 11.6 Å². The van der Waals surface area contributed by atoms with Gasteiger partial charge in [0, 0.05) is 30.0 Å². The molecule has 136 valence electrons. The number of carbonyl (C=O) groups is 1. The number of likely N-dealkylation sites (tertiary alicyclic amines) is 1. The summed E-state index contributed by atoms with van der Waals surface area (Å²) in [6.45, 7) is 8.99. The first-order chi connectivity index (χ1) is 12.0. The average molecular weight is 363 g/mol. The van der Waals surface area contributed by atoms with Crippen LogP contribution in [-0.4, -0.2) is 46.8 Å². The molecule has 0 bridgehead atoms. The highest BCUT2D eigenvalue weighted by molar-refractivity contribution is 6.31. The third-order valence-electron chi connectivity index (χ3n) is 4.82. The van der Waals surface area contributed by atoms with Crippen molar-refractivity contribution >= 4 is 28.4 Å². The van der Waals surface area contributed by atoms with E-state index in [9.17, 15) is 4.79 Å². The predicted molar refractivity (Wildman–Crippen MR) is 102 cm³/mol. The van der Waals surface area contributed by atoms with E-state index in [1.807, 2.05) is 18.2 Å². The molecule has 1 aliphatic heterocycles. The summed E-state index contributed by atoms with van der Waals surface area (Å²) >= 11 is 6.03. The lowest BCUT2D eigenvalue weighted by Gasteiger charge is -2.34. The van der Waals surface area contributed by atoms with Crippen molar-refractivity contribution < 1.29 is 4.79 Å². The molecule has 1 aliphatic rings. The fourth-order valence-corrected chi connectivity index (χ4v) is 4.03. The van der Waals surface area contributed by atoms with Gasteiger partial charge in [0.2, 0.25) is 5.91 Å². The highest BCUT2D eigenvalue weighted by Gasteiger charge is 2.21. The van der Waals surface area contributed by atoms with Crippen molar-refractivity contribution in [2.75, 3.05) is 26.2 Å². The molecule has 25 heavy (non-hydrogen) atoms. The molecule has 1 saturated heterocycles. The van der Waals surface area contributed by atoms with E-state index in [2.05, 4.69) is 29.2 Å². The summed E-state index contributed by atoms with van der Waals surface area (Å²) in [5.41, 5.74) is 0.888. The largest absolute Gasteiger partial charge is 0.354 e. The Morgan fingerprint density at radius 3 is 2.84 bits per heavy atom. The fourth-order valence-electron chi connectivity index (χ4n) is 3.87. The van der Waals surface area contributed by atoms with Crippen LogP contribution in [0, 0.1) is 11.8 Å². The second kappa shape index (κ2) is 8.19. The normalized spacial score (nSPS) is 21.6. The molecule has 1 amide bonds. The lowest BCUT2D eigenvalue weighted by Crippen LogP contribution is -2.40. The van der Waals surface area contributed by atoms with Gasteiger partial charge in [-0.15, -0.1) is 0 Å². The lowest BCUT2D eigenvalue weighted by atomic mass is 9.92. The summed E-state index contributed by atoms with van der Waals surface area (Å²) in [4.78, 5) is 14.7. The van der Waals surface area contributed by atoms with Crippen LogP contribution < -0.4 is 5.32 Å². The fraction of sp³-hybridized carbons (Fsp3) is 0.579. The number of nitrogens with zero attached hydrogens (tertiary/aromatic N) is 3. The van der Waals surface area contributed by atoms with Gasteiger partial charge in [0.25, 0.3) is 0 Å². The minimum Gasteiger partial charge on any atom is -0.354 e. The smallest absolute Gasteiger partial charge is 0.241 e. The number of halogens is 1. The Balaban J connectivity index is 1.43. The van der Waals surface area contributed by atoms with Gasteiger partial charge < -0.3 is 10.2 Å². The van der Waals surface area contributed by atoms with E-state index in [1.165, 1.54) is 19.5 Å². The van der Waals surface area contributed by atoms with Crippen LogP contribution in [-0.2, 0) is 11.3 Å². The molecule has 5 nitrogen and oxygen atoms in total. The van der Waals surface area contributed by atoms with Crippen LogP contribution in [0.25, 0.3) is 10.9 Å². The third-order valence-corrected chi connectivity index (χ3v) is 5.05. The quantitative estimate of drug-likeness (QED) is 0.803. The number of amides is 1. The van der Waals surface area contributed by atoms with Crippen molar-refractivity contribution in [3.63, 3.8) is 0 Å². The Hall–Kier alpha value is -1.59. The summed E-state index contributed by atoms with van der Waals surface area (Å²) < 4.78 is 1.70. The standard InChI is InChI=1S/C19H27ClN4O/c1-14-8-15(2)12-23(11-14)7-3-6-21-19(25)13-24-18-9-17(20)5-4-16(18)10-22-24/h4-5,9-10,14-15H,3,6-8,11-13H2,1-2H3,(H,21,25). The third kappa shape index (κ3) is 4.95. The van der Waals surface area contributed by atoms with Crippen LogP contribution in [0.1, 0.15) is 26.7 Å². The second-order valence-corrected chi connectivity index (χ2v) is 7.85. The molecule has 3 rings (SSSR count). The summed E-state index contributed by atoms with van der Waals surface area (Å²) in [6.07, 6.45) is 4.07. The SMILES string of the molecule is CC1CC(C)CN(CCCNC(=O)Cn2ncc3ccc(Cl)cc32)C1. The van der Waals surface area contributed by atoms with E-state index < -0.39 is 0 Å². The highest BCUT2D eigenvalue weighted by atomic mass is 35.5. The molecule has 1 fully saturated rings. The molecule has 1 aromatic heterocycles. The van der Waals surface area contributed by atoms with E-state index in [4.69, 9.17) is 11.6 Å². The van der Waals surface area contributed by atoms with Crippen molar-refractivity contribution in [3.05, 3.63) is 29.4 Å². The number of carbonyl (C=O) groups excluding carboxylic acids is 1. The molecule has 0 saturated carbocycles. The van der Waals surface area contributed by atoms with Crippen LogP contribution in [0.3, 0.4) is 0 Å². The Morgan fingerprint density at radius 1 is 1.32 bits per heavy atom. The van der Waals surface area contributed by atoms with Crippen molar-refractivity contribution in [2.45, 2.75) is 33.2 Å². The molecule has 0 spiro atoms. The maximum absolute atomic E-state index is 12.2. The zero-order valence-corrected chi connectivity index (χ0v) is 15.8. The van der Waals surface area contributed by atoms with Crippen LogP contribution in [0.5, 0.6) is 0 Å². The summed E-state index contributed by atoms with van der Waals surface area (Å²) in [6, 6.07) is 5.59. The Labute approximate surface area is 154 Å². The minimum atomic E-state index is -0.00893. The van der Waals surface area contributed by atoms with E-state index in [0.717, 1.165) is 35.7 Å². The van der Waals surface area contributed by atoms with Gasteiger partial charge >= 0.3 is 0 Å². The van der Waals surface area contributed by atoms with Crippen LogP contribution in [0.2, 0.25) is 5.02 Å². The van der Waals surface area contributed by atoms with Crippen molar-refractivity contribution in [1.29, 1.82) is 0 Å². The number of nitrogens with one attached hydrogen (secondary N) is 1. The van der Waals surface area contributed by atoms with Gasteiger partial charge in [0.15, 0.2) is 0 Å². The Bertz CT molecular complexity index is 719. The zero-order valence-electron chi connectivity index (χ0n) is 15.0. The minimum absolute atomic E-state index is 0.00893. The number of hydrogen-bond acceptors (Lipinski definition) is 3. The van der Waals surface area contributed by atoms with Gasteiger partial charge in [-0.3, -0.25) is 9.48 Å². The summed E-state index contributed by atoms with van der Waals surface area (Å²) in [5, 5.41) is 8.93. The maximum atomic E-state index is 12.2. The molecule has 2 heterocycles. The Morgan fingerprint density at radius 2 is 2.08 bits per heavy atom. The monoisotopic (exact) mass is 362 g/mol. The first-order valence-corrected chi connectivity index (χ1v) is 9.49. The first kappa shape index (κ1) is 18.2. The maximum Gasteiger partial charge on any atom is 0.241 e. The van der Waals surface area contributed by atoms with Crippen LogP contribution in [0.15, 0.2) is 24.4 Å². The van der Waals surface area contributed by atoms with E-state index in [0.29, 0.717) is 11.6 Å². The number of piperidine rings is 1. The van der Waals surface area contributed by atoms with Gasteiger partial charge in [-0.1, -0.05) is 25.4 Å². The number of rotatable bonds is 6. The van der Waals surface area contributed by atoms with Gasteiger partial charge in [-0.2, -0.15) is 5.10 Å². The lowest BCUT2D eigenvalue weighted by molar-refractivity contribution is -0.121. The molecular weight excluding hydrogens is 336 g/mol. The number of aromatic nitrogens is 2. The first-order valence-electron chi connectivity index (χ1n) is 9.11. The summed E-state index contributed by atoms with van der Waals surface area (Å²) in [5.74, 6) is 1.54.